The maximum atomic E-state index is 12.4. The Bertz CT molecular complexity index is 997. The number of hydrogen-bond donors (Lipinski definition) is 1. The van der Waals surface area contributed by atoms with Crippen LogP contribution in [0.3, 0.4) is 0 Å². The summed E-state index contributed by atoms with van der Waals surface area (Å²) in [5.41, 5.74) is 0.924. The van der Waals surface area contributed by atoms with E-state index in [0.29, 0.717) is 18.0 Å². The first-order chi connectivity index (χ1) is 14.6. The predicted molar refractivity (Wildman–Crippen MR) is 123 cm³/mol. The molecule has 1 aromatic carbocycles. The fraction of sp³-hybridized carbons (Fsp3) is 0.500. The van der Waals surface area contributed by atoms with E-state index in [9.17, 15) is 9.59 Å². The van der Waals surface area contributed by atoms with Crippen LogP contribution in [-0.4, -0.2) is 40.5 Å². The highest BCUT2D eigenvalue weighted by molar-refractivity contribution is 8.00. The SMILES string of the molecule is C#CCn1c(=NC(=O)CSCC(=O)NC2CCCCC2)sc2cc(OCC)ccc21. The predicted octanol–water partition coefficient (Wildman–Crippen LogP) is 3.34. The topological polar surface area (TPSA) is 72.7 Å². The largest absolute Gasteiger partial charge is 0.494 e. The lowest BCUT2D eigenvalue weighted by Crippen LogP contribution is -2.37. The summed E-state index contributed by atoms with van der Waals surface area (Å²) < 4.78 is 8.37. The maximum Gasteiger partial charge on any atom is 0.258 e. The number of hydrogen-bond acceptors (Lipinski definition) is 5. The zero-order valence-corrected chi connectivity index (χ0v) is 18.8. The molecule has 8 heteroatoms. The highest BCUT2D eigenvalue weighted by Gasteiger charge is 2.16. The van der Waals surface area contributed by atoms with Gasteiger partial charge in [-0.3, -0.25) is 9.59 Å². The van der Waals surface area contributed by atoms with E-state index in [2.05, 4.69) is 16.2 Å². The van der Waals surface area contributed by atoms with Gasteiger partial charge in [-0.1, -0.05) is 36.5 Å². The van der Waals surface area contributed by atoms with E-state index in [1.54, 1.807) is 0 Å². The van der Waals surface area contributed by atoms with Crippen molar-refractivity contribution >= 4 is 45.1 Å². The third-order valence-corrected chi connectivity index (χ3v) is 6.82. The number of nitrogens with one attached hydrogen (secondary N) is 1. The van der Waals surface area contributed by atoms with Crippen LogP contribution in [0.4, 0.5) is 0 Å². The van der Waals surface area contributed by atoms with Crippen molar-refractivity contribution in [2.24, 2.45) is 4.99 Å². The highest BCUT2D eigenvalue weighted by atomic mass is 32.2. The van der Waals surface area contributed by atoms with Gasteiger partial charge in [-0.15, -0.1) is 18.2 Å². The van der Waals surface area contributed by atoms with Crippen molar-refractivity contribution in [3.8, 4) is 18.1 Å². The lowest BCUT2D eigenvalue weighted by atomic mass is 9.95. The molecule has 1 aromatic heterocycles. The molecule has 1 fully saturated rings. The molecule has 0 radical (unpaired) electrons. The second-order valence-corrected chi connectivity index (χ2v) is 9.13. The minimum absolute atomic E-state index is 0.00703. The number of rotatable bonds is 8. The fourth-order valence-electron chi connectivity index (χ4n) is 3.53. The van der Waals surface area contributed by atoms with Crippen molar-refractivity contribution in [2.45, 2.75) is 51.6 Å². The highest BCUT2D eigenvalue weighted by Crippen LogP contribution is 2.23. The van der Waals surface area contributed by atoms with E-state index < -0.39 is 0 Å². The van der Waals surface area contributed by atoms with Crippen LogP contribution in [0.1, 0.15) is 39.0 Å². The number of ether oxygens (including phenoxy) is 1. The van der Waals surface area contributed by atoms with E-state index in [1.807, 2.05) is 29.7 Å². The second kappa shape index (κ2) is 11.2. The lowest BCUT2D eigenvalue weighted by molar-refractivity contribution is -0.119. The van der Waals surface area contributed by atoms with E-state index in [1.165, 1.54) is 42.4 Å². The molecule has 1 saturated carbocycles. The lowest BCUT2D eigenvalue weighted by Gasteiger charge is -2.22. The van der Waals surface area contributed by atoms with Crippen LogP contribution in [0.15, 0.2) is 23.2 Å². The number of terminal acetylenes is 1. The van der Waals surface area contributed by atoms with E-state index in [-0.39, 0.29) is 29.4 Å². The van der Waals surface area contributed by atoms with Crippen LogP contribution in [0.2, 0.25) is 0 Å². The molecule has 2 amide bonds. The van der Waals surface area contributed by atoms with Crippen molar-refractivity contribution < 1.29 is 14.3 Å². The summed E-state index contributed by atoms with van der Waals surface area (Å²) in [7, 11) is 0. The molecule has 0 unspecified atom stereocenters. The number of thioether (sulfide) groups is 1. The number of carbonyl (C=O) groups excluding carboxylic acids is 2. The quantitative estimate of drug-likeness (QED) is 0.633. The van der Waals surface area contributed by atoms with Crippen molar-refractivity contribution in [1.82, 2.24) is 9.88 Å². The Balaban J connectivity index is 1.63. The number of nitrogens with zero attached hydrogens (tertiary/aromatic N) is 2. The van der Waals surface area contributed by atoms with Gasteiger partial charge < -0.3 is 14.6 Å². The molecule has 0 spiro atoms. The van der Waals surface area contributed by atoms with Gasteiger partial charge >= 0.3 is 0 Å². The molecule has 1 heterocycles. The van der Waals surface area contributed by atoms with E-state index in [0.717, 1.165) is 28.8 Å². The molecule has 1 aliphatic carbocycles. The molecule has 0 atom stereocenters. The van der Waals surface area contributed by atoms with Crippen molar-refractivity contribution in [2.75, 3.05) is 18.1 Å². The Morgan fingerprint density at radius 3 is 2.87 bits per heavy atom. The Labute approximate surface area is 185 Å². The smallest absolute Gasteiger partial charge is 0.258 e. The number of carbonyl (C=O) groups is 2. The Kier molecular flexibility index (Phi) is 8.40. The molecule has 3 rings (SSSR count). The first-order valence-electron chi connectivity index (χ1n) is 10.2. The summed E-state index contributed by atoms with van der Waals surface area (Å²) in [5.74, 6) is 3.55. The molecule has 0 bridgehead atoms. The Hall–Kier alpha value is -2.24. The number of benzene rings is 1. The van der Waals surface area contributed by atoms with Gasteiger partial charge in [0.2, 0.25) is 5.91 Å². The number of aromatic nitrogens is 1. The third kappa shape index (κ3) is 6.13. The van der Waals surface area contributed by atoms with Crippen molar-refractivity contribution in [1.29, 1.82) is 0 Å². The summed E-state index contributed by atoms with van der Waals surface area (Å²) in [5, 5.41) is 3.06. The van der Waals surface area contributed by atoms with Gasteiger partial charge in [0, 0.05) is 6.04 Å². The number of fused-ring (bicyclic) bond motifs is 1. The van der Waals surface area contributed by atoms with Gasteiger partial charge in [-0.05, 0) is 38.0 Å². The van der Waals surface area contributed by atoms with Crippen LogP contribution in [0.25, 0.3) is 10.2 Å². The van der Waals surface area contributed by atoms with Crippen LogP contribution < -0.4 is 14.9 Å². The molecule has 0 saturated heterocycles. The molecule has 30 heavy (non-hydrogen) atoms. The van der Waals surface area contributed by atoms with Crippen molar-refractivity contribution in [3.05, 3.63) is 23.0 Å². The van der Waals surface area contributed by atoms with Crippen LogP contribution in [0, 0.1) is 12.3 Å². The summed E-state index contributed by atoms with van der Waals surface area (Å²) in [6.07, 6.45) is 11.2. The molecule has 1 aliphatic rings. The van der Waals surface area contributed by atoms with Gasteiger partial charge in [-0.2, -0.15) is 4.99 Å². The zero-order chi connectivity index (χ0) is 21.3. The normalized spacial score (nSPS) is 15.1. The summed E-state index contributed by atoms with van der Waals surface area (Å²) in [6, 6.07) is 6.04. The number of amides is 2. The van der Waals surface area contributed by atoms with Crippen molar-refractivity contribution in [3.63, 3.8) is 0 Å². The minimum atomic E-state index is -0.271. The number of thiazole rings is 1. The molecule has 160 valence electrons. The second-order valence-electron chi connectivity index (χ2n) is 7.14. The van der Waals surface area contributed by atoms with Crippen LogP contribution in [-0.2, 0) is 16.1 Å². The van der Waals surface area contributed by atoms with Gasteiger partial charge in [0.1, 0.15) is 5.75 Å². The van der Waals surface area contributed by atoms with Gasteiger partial charge in [0.25, 0.3) is 5.91 Å². The summed E-state index contributed by atoms with van der Waals surface area (Å²) in [4.78, 5) is 29.3. The van der Waals surface area contributed by atoms with Gasteiger partial charge in [0.15, 0.2) is 4.80 Å². The monoisotopic (exact) mass is 445 g/mol. The molecular formula is C22H27N3O3S2. The Morgan fingerprint density at radius 2 is 2.13 bits per heavy atom. The van der Waals surface area contributed by atoms with Gasteiger partial charge in [-0.25, -0.2) is 0 Å². The van der Waals surface area contributed by atoms with Crippen LogP contribution >= 0.6 is 23.1 Å². The average molecular weight is 446 g/mol. The Morgan fingerprint density at radius 1 is 1.33 bits per heavy atom. The van der Waals surface area contributed by atoms with Crippen LogP contribution in [0.5, 0.6) is 5.75 Å². The molecule has 6 nitrogen and oxygen atoms in total. The molecular weight excluding hydrogens is 418 g/mol. The molecule has 2 aromatic rings. The fourth-order valence-corrected chi connectivity index (χ4v) is 5.21. The zero-order valence-electron chi connectivity index (χ0n) is 17.2. The van der Waals surface area contributed by atoms with E-state index >= 15 is 0 Å². The summed E-state index contributed by atoms with van der Waals surface area (Å²) >= 11 is 2.70. The van der Waals surface area contributed by atoms with Gasteiger partial charge in [0.05, 0.1) is 34.9 Å². The maximum absolute atomic E-state index is 12.4. The first kappa shape index (κ1) is 22.4. The van der Waals surface area contributed by atoms with E-state index in [4.69, 9.17) is 11.2 Å². The third-order valence-electron chi connectivity index (χ3n) is 4.86. The first-order valence-corrected chi connectivity index (χ1v) is 12.2. The molecule has 1 N–H and O–H groups in total. The standard InChI is InChI=1S/C22H27N3O3S2/c1-3-12-25-18-11-10-17(28-4-2)13-19(18)30-22(25)24-21(27)15-29-14-20(26)23-16-8-6-5-7-9-16/h1,10-11,13,16H,4-9,12,14-15H2,2H3,(H,23,26). The minimum Gasteiger partial charge on any atom is -0.494 e. The summed E-state index contributed by atoms with van der Waals surface area (Å²) in [6.45, 7) is 2.85. The molecule has 0 aliphatic heterocycles. The average Bonchev–Trinajstić information content (AvgIpc) is 3.05.